The molecule has 1 aromatic carbocycles. The third kappa shape index (κ3) is 1.73. The number of anilines is 1. The Morgan fingerprint density at radius 3 is 2.95 bits per heavy atom. The standard InChI is InChI=1S/C15H13N5O/c1-21-10-3-4-13-11(6-10)12(7-17-13)15-19-18-14-5-2-9(16)8-20(14)15/h2-8,17H,16H2,1H3. The lowest BCUT2D eigenvalue weighted by molar-refractivity contribution is 0.415. The highest BCUT2D eigenvalue weighted by Crippen LogP contribution is 2.30. The molecule has 0 saturated carbocycles. The van der Waals surface area contributed by atoms with Gasteiger partial charge in [0, 0.05) is 34.5 Å². The Kier molecular flexibility index (Phi) is 2.38. The summed E-state index contributed by atoms with van der Waals surface area (Å²) in [7, 11) is 1.65. The predicted octanol–water partition coefficient (Wildman–Crippen LogP) is 2.47. The third-order valence-corrected chi connectivity index (χ3v) is 3.56. The summed E-state index contributed by atoms with van der Waals surface area (Å²) in [4.78, 5) is 3.24. The number of rotatable bonds is 2. The van der Waals surface area contributed by atoms with Gasteiger partial charge in [-0.2, -0.15) is 0 Å². The maximum absolute atomic E-state index is 5.86. The number of ether oxygens (including phenoxy) is 1. The zero-order valence-electron chi connectivity index (χ0n) is 11.4. The summed E-state index contributed by atoms with van der Waals surface area (Å²) in [6.45, 7) is 0. The zero-order chi connectivity index (χ0) is 14.4. The minimum absolute atomic E-state index is 0.668. The van der Waals surface area contributed by atoms with E-state index in [1.807, 2.05) is 47.1 Å². The second-order valence-corrected chi connectivity index (χ2v) is 4.83. The molecule has 0 spiro atoms. The molecule has 104 valence electrons. The van der Waals surface area contributed by atoms with Crippen molar-refractivity contribution >= 4 is 22.2 Å². The van der Waals surface area contributed by atoms with Gasteiger partial charge < -0.3 is 15.5 Å². The fourth-order valence-corrected chi connectivity index (χ4v) is 2.50. The molecule has 6 nitrogen and oxygen atoms in total. The molecule has 0 saturated heterocycles. The van der Waals surface area contributed by atoms with E-state index in [0.29, 0.717) is 5.69 Å². The minimum Gasteiger partial charge on any atom is -0.497 e. The number of hydrogen-bond acceptors (Lipinski definition) is 4. The summed E-state index contributed by atoms with van der Waals surface area (Å²) in [5.41, 5.74) is 9.27. The van der Waals surface area contributed by atoms with E-state index in [4.69, 9.17) is 10.5 Å². The summed E-state index contributed by atoms with van der Waals surface area (Å²) < 4.78 is 7.18. The van der Waals surface area contributed by atoms with E-state index in [2.05, 4.69) is 15.2 Å². The number of nitrogens with two attached hydrogens (primary N) is 1. The molecule has 0 aliphatic heterocycles. The molecular weight excluding hydrogens is 266 g/mol. The molecule has 4 rings (SSSR count). The number of pyridine rings is 1. The van der Waals surface area contributed by atoms with E-state index in [9.17, 15) is 0 Å². The molecule has 6 heteroatoms. The molecule has 0 atom stereocenters. The van der Waals surface area contributed by atoms with Gasteiger partial charge in [-0.05, 0) is 30.3 Å². The van der Waals surface area contributed by atoms with Gasteiger partial charge in [-0.15, -0.1) is 10.2 Å². The number of aromatic nitrogens is 4. The van der Waals surface area contributed by atoms with Crippen LogP contribution in [0.2, 0.25) is 0 Å². The molecule has 0 radical (unpaired) electrons. The van der Waals surface area contributed by atoms with Crippen LogP contribution < -0.4 is 10.5 Å². The second-order valence-electron chi connectivity index (χ2n) is 4.83. The maximum atomic E-state index is 5.86. The molecule has 0 amide bonds. The number of nitrogens with zero attached hydrogens (tertiary/aromatic N) is 3. The first-order chi connectivity index (χ1) is 10.3. The van der Waals surface area contributed by atoms with Crippen LogP contribution in [-0.2, 0) is 0 Å². The van der Waals surface area contributed by atoms with Crippen molar-refractivity contribution in [3.05, 3.63) is 42.7 Å². The normalized spacial score (nSPS) is 11.3. The van der Waals surface area contributed by atoms with E-state index in [-0.39, 0.29) is 0 Å². The Balaban J connectivity index is 2.01. The average Bonchev–Trinajstić information content (AvgIpc) is 3.09. The maximum Gasteiger partial charge on any atom is 0.170 e. The number of aromatic amines is 1. The largest absolute Gasteiger partial charge is 0.497 e. The zero-order valence-corrected chi connectivity index (χ0v) is 11.4. The van der Waals surface area contributed by atoms with Crippen molar-refractivity contribution in [3.8, 4) is 17.1 Å². The van der Waals surface area contributed by atoms with E-state index < -0.39 is 0 Å². The smallest absolute Gasteiger partial charge is 0.170 e. The molecule has 21 heavy (non-hydrogen) atoms. The molecule has 3 N–H and O–H groups in total. The summed E-state index contributed by atoms with van der Waals surface area (Å²) in [5.74, 6) is 1.55. The molecule has 0 aliphatic rings. The summed E-state index contributed by atoms with van der Waals surface area (Å²) in [5, 5.41) is 9.49. The number of methoxy groups -OCH3 is 1. The monoisotopic (exact) mass is 279 g/mol. The summed E-state index contributed by atoms with van der Waals surface area (Å²) in [6, 6.07) is 9.54. The number of fused-ring (bicyclic) bond motifs is 2. The van der Waals surface area contributed by atoms with Crippen LogP contribution in [0.3, 0.4) is 0 Å². The topological polar surface area (TPSA) is 81.2 Å². The first kappa shape index (κ1) is 11.8. The first-order valence-electron chi connectivity index (χ1n) is 6.52. The van der Waals surface area contributed by atoms with Gasteiger partial charge in [0.1, 0.15) is 5.75 Å². The number of nitrogens with one attached hydrogen (secondary N) is 1. The summed E-state index contributed by atoms with van der Waals surface area (Å²) >= 11 is 0. The van der Waals surface area contributed by atoms with Crippen LogP contribution in [0.1, 0.15) is 0 Å². The Labute approximate surface area is 120 Å². The van der Waals surface area contributed by atoms with Gasteiger partial charge in [0.25, 0.3) is 0 Å². The lowest BCUT2D eigenvalue weighted by atomic mass is 10.1. The first-order valence-corrected chi connectivity index (χ1v) is 6.52. The lowest BCUT2D eigenvalue weighted by Gasteiger charge is -2.02. The van der Waals surface area contributed by atoms with E-state index >= 15 is 0 Å². The Morgan fingerprint density at radius 1 is 1.19 bits per heavy atom. The quantitative estimate of drug-likeness (QED) is 0.590. The number of hydrogen-bond donors (Lipinski definition) is 2. The predicted molar refractivity (Wildman–Crippen MR) is 81.2 cm³/mol. The van der Waals surface area contributed by atoms with Crippen molar-refractivity contribution in [1.82, 2.24) is 19.6 Å². The highest BCUT2D eigenvalue weighted by Gasteiger charge is 2.13. The fraction of sp³-hybridized carbons (Fsp3) is 0.0667. The highest BCUT2D eigenvalue weighted by molar-refractivity contribution is 5.95. The van der Waals surface area contributed by atoms with Gasteiger partial charge in [0.05, 0.1) is 7.11 Å². The minimum atomic E-state index is 0.668. The van der Waals surface area contributed by atoms with Crippen molar-refractivity contribution in [2.24, 2.45) is 0 Å². The lowest BCUT2D eigenvalue weighted by Crippen LogP contribution is -1.92. The Hall–Kier alpha value is -3.02. The van der Waals surface area contributed by atoms with Gasteiger partial charge >= 0.3 is 0 Å². The molecule has 3 aromatic heterocycles. The van der Waals surface area contributed by atoms with Crippen molar-refractivity contribution in [2.75, 3.05) is 12.8 Å². The van der Waals surface area contributed by atoms with Crippen LogP contribution in [0.5, 0.6) is 5.75 Å². The van der Waals surface area contributed by atoms with Gasteiger partial charge in [-0.1, -0.05) is 0 Å². The van der Waals surface area contributed by atoms with Crippen molar-refractivity contribution in [3.63, 3.8) is 0 Å². The Bertz CT molecular complexity index is 953. The van der Waals surface area contributed by atoms with Crippen LogP contribution in [0.25, 0.3) is 27.9 Å². The molecule has 0 aliphatic carbocycles. The molecule has 0 bridgehead atoms. The van der Waals surface area contributed by atoms with Crippen LogP contribution >= 0.6 is 0 Å². The average molecular weight is 279 g/mol. The van der Waals surface area contributed by atoms with E-state index in [0.717, 1.165) is 33.7 Å². The third-order valence-electron chi connectivity index (χ3n) is 3.56. The van der Waals surface area contributed by atoms with E-state index in [1.165, 1.54) is 0 Å². The Morgan fingerprint density at radius 2 is 2.10 bits per heavy atom. The second kappa shape index (κ2) is 4.24. The SMILES string of the molecule is COc1ccc2[nH]cc(-c3nnc4ccc(N)cn34)c2c1. The van der Waals surface area contributed by atoms with E-state index in [1.54, 1.807) is 7.11 Å². The fourth-order valence-electron chi connectivity index (χ4n) is 2.50. The summed E-state index contributed by atoms with van der Waals surface area (Å²) in [6.07, 6.45) is 3.74. The van der Waals surface area contributed by atoms with Crippen LogP contribution in [-0.4, -0.2) is 26.7 Å². The van der Waals surface area contributed by atoms with Gasteiger partial charge in [-0.25, -0.2) is 0 Å². The molecule has 4 aromatic rings. The number of H-pyrrole nitrogens is 1. The van der Waals surface area contributed by atoms with Crippen molar-refractivity contribution < 1.29 is 4.74 Å². The number of benzene rings is 1. The molecule has 0 fully saturated rings. The molecule has 3 heterocycles. The van der Waals surface area contributed by atoms with Gasteiger partial charge in [-0.3, -0.25) is 4.40 Å². The van der Waals surface area contributed by atoms with Crippen molar-refractivity contribution in [2.45, 2.75) is 0 Å². The van der Waals surface area contributed by atoms with Crippen LogP contribution in [0.4, 0.5) is 5.69 Å². The van der Waals surface area contributed by atoms with Crippen LogP contribution in [0, 0.1) is 0 Å². The highest BCUT2D eigenvalue weighted by atomic mass is 16.5. The van der Waals surface area contributed by atoms with Crippen molar-refractivity contribution in [1.29, 1.82) is 0 Å². The van der Waals surface area contributed by atoms with Crippen LogP contribution in [0.15, 0.2) is 42.7 Å². The molecule has 0 unspecified atom stereocenters. The van der Waals surface area contributed by atoms with Gasteiger partial charge in [0.2, 0.25) is 0 Å². The molecular formula is C15H13N5O. The van der Waals surface area contributed by atoms with Gasteiger partial charge in [0.15, 0.2) is 11.5 Å². The number of nitrogen functional groups attached to an aromatic ring is 1.